The fourth-order valence-electron chi connectivity index (χ4n) is 1.42. The summed E-state index contributed by atoms with van der Waals surface area (Å²) < 4.78 is 0. The van der Waals surface area contributed by atoms with Crippen molar-refractivity contribution in [3.8, 4) is 0 Å². The van der Waals surface area contributed by atoms with E-state index >= 15 is 0 Å². The predicted octanol–water partition coefficient (Wildman–Crippen LogP) is 1.04. The average Bonchev–Trinajstić information content (AvgIpc) is 2.27. The summed E-state index contributed by atoms with van der Waals surface area (Å²) in [7, 11) is 0. The number of aryl methyl sites for hydroxylation is 1. The van der Waals surface area contributed by atoms with Crippen molar-refractivity contribution in [3.05, 3.63) is 29.8 Å². The van der Waals surface area contributed by atoms with Crippen LogP contribution in [0.1, 0.15) is 12.0 Å². The summed E-state index contributed by atoms with van der Waals surface area (Å²) >= 11 is 0. The third kappa shape index (κ3) is 5.07. The molecule has 4 N–H and O–H groups in total. The highest BCUT2D eigenvalue weighted by atomic mass is 16.4. The molecule has 0 aromatic heterocycles. The average molecular weight is 266 g/mol. The summed E-state index contributed by atoms with van der Waals surface area (Å²) in [5, 5.41) is 21.8. The van der Waals surface area contributed by atoms with Crippen molar-refractivity contribution in [1.29, 1.82) is 0 Å². The Morgan fingerprint density at radius 1 is 1.26 bits per heavy atom. The van der Waals surface area contributed by atoms with Gasteiger partial charge in [0, 0.05) is 5.69 Å². The third-order valence-corrected chi connectivity index (χ3v) is 2.26. The third-order valence-electron chi connectivity index (χ3n) is 2.26. The van der Waals surface area contributed by atoms with Crippen molar-refractivity contribution < 1.29 is 24.6 Å². The first-order valence-electron chi connectivity index (χ1n) is 5.47. The van der Waals surface area contributed by atoms with E-state index in [9.17, 15) is 14.4 Å². The largest absolute Gasteiger partial charge is 0.481 e. The molecule has 1 atom stereocenters. The van der Waals surface area contributed by atoms with E-state index in [0.29, 0.717) is 5.69 Å². The van der Waals surface area contributed by atoms with Crippen LogP contribution < -0.4 is 10.6 Å². The van der Waals surface area contributed by atoms with Gasteiger partial charge in [-0.2, -0.15) is 0 Å². The smallest absolute Gasteiger partial charge is 0.326 e. The van der Waals surface area contributed by atoms with Crippen LogP contribution in [-0.2, 0) is 9.59 Å². The van der Waals surface area contributed by atoms with E-state index in [2.05, 4.69) is 10.6 Å². The second-order valence-corrected chi connectivity index (χ2v) is 3.96. The highest BCUT2D eigenvalue weighted by Gasteiger charge is 2.22. The molecule has 0 aliphatic heterocycles. The van der Waals surface area contributed by atoms with Crippen LogP contribution in [0.3, 0.4) is 0 Å². The fraction of sp³-hybridized carbons (Fsp3) is 0.250. The number of carboxylic acid groups (broad SMARTS) is 2. The van der Waals surface area contributed by atoms with Gasteiger partial charge in [-0.25, -0.2) is 9.59 Å². The first-order chi connectivity index (χ1) is 8.88. The minimum Gasteiger partial charge on any atom is -0.481 e. The van der Waals surface area contributed by atoms with Gasteiger partial charge in [-0.1, -0.05) is 12.1 Å². The first kappa shape index (κ1) is 14.5. The van der Waals surface area contributed by atoms with Gasteiger partial charge in [0.25, 0.3) is 0 Å². The molecule has 0 saturated carbocycles. The van der Waals surface area contributed by atoms with E-state index in [0.717, 1.165) is 5.56 Å². The van der Waals surface area contributed by atoms with Gasteiger partial charge >= 0.3 is 18.0 Å². The summed E-state index contributed by atoms with van der Waals surface area (Å²) in [6, 6.07) is 4.68. The van der Waals surface area contributed by atoms with Gasteiger partial charge in [-0.05, 0) is 24.6 Å². The predicted molar refractivity (Wildman–Crippen MR) is 67.0 cm³/mol. The molecule has 0 heterocycles. The molecule has 0 saturated heterocycles. The van der Waals surface area contributed by atoms with Gasteiger partial charge in [0.15, 0.2) is 0 Å². The zero-order valence-corrected chi connectivity index (χ0v) is 10.2. The number of benzene rings is 1. The summed E-state index contributed by atoms with van der Waals surface area (Å²) in [5.41, 5.74) is 1.43. The molecule has 0 radical (unpaired) electrons. The maximum absolute atomic E-state index is 11.5. The first-order valence-corrected chi connectivity index (χ1v) is 5.47. The van der Waals surface area contributed by atoms with Crippen molar-refractivity contribution in [2.45, 2.75) is 19.4 Å². The van der Waals surface area contributed by atoms with E-state index in [4.69, 9.17) is 10.2 Å². The van der Waals surface area contributed by atoms with Crippen molar-refractivity contribution in [2.75, 3.05) is 5.32 Å². The van der Waals surface area contributed by atoms with Gasteiger partial charge in [0.05, 0.1) is 6.42 Å². The Balaban J connectivity index is 2.62. The molecular weight excluding hydrogens is 252 g/mol. The van der Waals surface area contributed by atoms with Crippen molar-refractivity contribution in [2.24, 2.45) is 0 Å². The molecule has 0 aliphatic carbocycles. The van der Waals surface area contributed by atoms with Crippen LogP contribution in [-0.4, -0.2) is 34.2 Å². The highest BCUT2D eigenvalue weighted by Crippen LogP contribution is 2.09. The molecule has 19 heavy (non-hydrogen) atoms. The zero-order valence-electron chi connectivity index (χ0n) is 10.2. The van der Waals surface area contributed by atoms with Gasteiger partial charge in [0.2, 0.25) is 0 Å². The van der Waals surface area contributed by atoms with E-state index < -0.39 is 30.4 Å². The maximum atomic E-state index is 11.5. The number of carbonyl (C=O) groups excluding carboxylic acids is 1. The Bertz CT molecular complexity index is 501. The molecule has 1 aromatic carbocycles. The Morgan fingerprint density at radius 3 is 2.47 bits per heavy atom. The number of aliphatic carboxylic acids is 2. The lowest BCUT2D eigenvalue weighted by atomic mass is 10.2. The lowest BCUT2D eigenvalue weighted by molar-refractivity contribution is -0.145. The summed E-state index contributed by atoms with van der Waals surface area (Å²) in [6.07, 6.45) is -0.684. The standard InChI is InChI=1S/C12H14N2O5/c1-7-3-2-4-8(5-7)13-12(19)14-9(11(17)18)6-10(15)16/h2-5,9H,6H2,1H3,(H,15,16)(H,17,18)(H2,13,14,19)/t9-/m0/s1. The summed E-state index contributed by atoms with van der Waals surface area (Å²) in [6.45, 7) is 1.84. The molecule has 1 aromatic rings. The van der Waals surface area contributed by atoms with Gasteiger partial charge < -0.3 is 20.8 Å². The highest BCUT2D eigenvalue weighted by molar-refractivity contribution is 5.93. The fourth-order valence-corrected chi connectivity index (χ4v) is 1.42. The maximum Gasteiger partial charge on any atom is 0.326 e. The number of urea groups is 1. The Kier molecular flexibility index (Phi) is 4.87. The van der Waals surface area contributed by atoms with Crippen LogP contribution in [0.15, 0.2) is 24.3 Å². The molecule has 102 valence electrons. The Labute approximate surface area is 109 Å². The van der Waals surface area contributed by atoms with Crippen LogP contribution in [0.25, 0.3) is 0 Å². The van der Waals surface area contributed by atoms with E-state index in [-0.39, 0.29) is 0 Å². The number of carboxylic acids is 2. The molecule has 0 spiro atoms. The van der Waals surface area contributed by atoms with E-state index in [1.165, 1.54) is 0 Å². The minimum absolute atomic E-state index is 0.497. The van der Waals surface area contributed by atoms with Crippen molar-refractivity contribution >= 4 is 23.7 Å². The van der Waals surface area contributed by atoms with Gasteiger partial charge in [0.1, 0.15) is 6.04 Å². The molecular formula is C12H14N2O5. The molecule has 0 unspecified atom stereocenters. The minimum atomic E-state index is -1.47. The van der Waals surface area contributed by atoms with Crippen LogP contribution in [0.2, 0.25) is 0 Å². The van der Waals surface area contributed by atoms with Crippen molar-refractivity contribution in [3.63, 3.8) is 0 Å². The normalized spacial score (nSPS) is 11.4. The molecule has 0 bridgehead atoms. The van der Waals surface area contributed by atoms with Crippen LogP contribution in [0, 0.1) is 6.92 Å². The topological polar surface area (TPSA) is 116 Å². The zero-order chi connectivity index (χ0) is 14.4. The van der Waals surface area contributed by atoms with E-state index in [1.54, 1.807) is 18.2 Å². The van der Waals surface area contributed by atoms with Gasteiger partial charge in [-0.15, -0.1) is 0 Å². The summed E-state index contributed by atoms with van der Waals surface area (Å²) in [4.78, 5) is 32.8. The lowest BCUT2D eigenvalue weighted by Crippen LogP contribution is -2.44. The Morgan fingerprint density at radius 2 is 1.95 bits per heavy atom. The molecule has 0 aliphatic rings. The second kappa shape index (κ2) is 6.39. The molecule has 2 amide bonds. The van der Waals surface area contributed by atoms with Crippen LogP contribution in [0.5, 0.6) is 0 Å². The van der Waals surface area contributed by atoms with Gasteiger partial charge in [-0.3, -0.25) is 4.79 Å². The lowest BCUT2D eigenvalue weighted by Gasteiger charge is -2.13. The molecule has 1 rings (SSSR count). The number of hydrogen-bond donors (Lipinski definition) is 4. The molecule has 7 nitrogen and oxygen atoms in total. The molecule has 7 heteroatoms. The summed E-state index contributed by atoms with van der Waals surface area (Å²) in [5.74, 6) is -2.70. The Hall–Kier alpha value is -2.57. The number of anilines is 1. The molecule has 0 fully saturated rings. The van der Waals surface area contributed by atoms with Crippen molar-refractivity contribution in [1.82, 2.24) is 5.32 Å². The number of amides is 2. The number of hydrogen-bond acceptors (Lipinski definition) is 3. The van der Waals surface area contributed by atoms with E-state index in [1.807, 2.05) is 13.0 Å². The SMILES string of the molecule is Cc1cccc(NC(=O)N[C@@H](CC(=O)O)C(=O)O)c1. The van der Waals surface area contributed by atoms with Crippen LogP contribution in [0.4, 0.5) is 10.5 Å². The monoisotopic (exact) mass is 266 g/mol. The second-order valence-electron chi connectivity index (χ2n) is 3.96. The number of carbonyl (C=O) groups is 3. The quantitative estimate of drug-likeness (QED) is 0.635. The van der Waals surface area contributed by atoms with Crippen LogP contribution >= 0.6 is 0 Å². The number of rotatable bonds is 5. The number of nitrogens with one attached hydrogen (secondary N) is 2.